The highest BCUT2D eigenvalue weighted by atomic mass is 35.5. The first-order valence-electron chi connectivity index (χ1n) is 9.40. The van der Waals surface area contributed by atoms with Gasteiger partial charge in [-0.2, -0.15) is 0 Å². The van der Waals surface area contributed by atoms with Crippen LogP contribution >= 0.6 is 23.2 Å². The lowest BCUT2D eigenvalue weighted by Gasteiger charge is -2.46. The second-order valence-electron chi connectivity index (χ2n) is 7.32. The summed E-state index contributed by atoms with van der Waals surface area (Å²) in [7, 11) is 0. The molecule has 6 heteroatoms. The molecule has 0 spiro atoms. The number of carbonyl (C=O) groups excluding carboxylic acids is 1. The molecule has 3 fully saturated rings. The zero-order chi connectivity index (χ0) is 18.8. The van der Waals surface area contributed by atoms with Crippen LogP contribution in [0.15, 0.2) is 48.5 Å². The van der Waals surface area contributed by atoms with Crippen molar-refractivity contribution in [3.05, 3.63) is 58.6 Å². The maximum absolute atomic E-state index is 13.2. The minimum atomic E-state index is -0.0591. The van der Waals surface area contributed by atoms with Crippen molar-refractivity contribution in [3.63, 3.8) is 0 Å². The summed E-state index contributed by atoms with van der Waals surface area (Å²) in [5, 5.41) is 1.24. The number of carbonyl (C=O) groups is 1. The van der Waals surface area contributed by atoms with Crippen molar-refractivity contribution < 1.29 is 14.4 Å². The fraction of sp³-hybridized carbons (Fsp3) is 0.381. The molecule has 2 aromatic rings. The zero-order valence-corrected chi connectivity index (χ0v) is 16.5. The van der Waals surface area contributed by atoms with Crippen molar-refractivity contribution in [3.8, 4) is 5.75 Å². The van der Waals surface area contributed by atoms with E-state index in [9.17, 15) is 4.79 Å². The van der Waals surface area contributed by atoms with E-state index < -0.39 is 0 Å². The van der Waals surface area contributed by atoms with E-state index in [1.54, 1.807) is 29.2 Å². The van der Waals surface area contributed by atoms with Gasteiger partial charge >= 0.3 is 0 Å². The van der Waals surface area contributed by atoms with E-state index in [-0.39, 0.29) is 18.6 Å². The van der Waals surface area contributed by atoms with E-state index >= 15 is 0 Å². The molecule has 0 radical (unpaired) electrons. The lowest BCUT2D eigenvalue weighted by atomic mass is 9.83. The number of ether oxygens (including phenoxy) is 1. The Morgan fingerprint density at radius 1 is 1.07 bits per heavy atom. The van der Waals surface area contributed by atoms with Crippen molar-refractivity contribution in [1.29, 1.82) is 0 Å². The van der Waals surface area contributed by atoms with Gasteiger partial charge in [0.2, 0.25) is 0 Å². The van der Waals surface area contributed by atoms with Crippen LogP contribution in [-0.2, 0) is 4.79 Å². The molecule has 2 bridgehead atoms. The quantitative estimate of drug-likeness (QED) is 0.828. The molecule has 0 unspecified atom stereocenters. The molecule has 4 nitrogen and oxygen atoms in total. The molecule has 3 aliphatic rings. The Hall–Kier alpha value is -1.75. The SMILES string of the molecule is O=C(COc1ccc(Cl)cc1)N(c1ccccc1Cl)[C@@H]1C[NH+]2CCC1CC2. The first kappa shape index (κ1) is 18.6. The third-order valence-corrected chi connectivity index (χ3v) is 6.24. The Labute approximate surface area is 169 Å². The summed E-state index contributed by atoms with van der Waals surface area (Å²) in [5.41, 5.74) is 0.780. The van der Waals surface area contributed by atoms with Crippen LogP contribution in [0.5, 0.6) is 5.75 Å². The molecule has 1 N–H and O–H groups in total. The molecule has 2 aromatic carbocycles. The van der Waals surface area contributed by atoms with Crippen molar-refractivity contribution in [2.24, 2.45) is 5.92 Å². The van der Waals surface area contributed by atoms with Crippen LogP contribution in [0.4, 0.5) is 5.69 Å². The molecule has 0 saturated carbocycles. The van der Waals surface area contributed by atoms with Gasteiger partial charge in [-0.15, -0.1) is 0 Å². The highest BCUT2D eigenvalue weighted by Crippen LogP contribution is 2.32. The fourth-order valence-corrected chi connectivity index (χ4v) is 4.65. The molecule has 3 heterocycles. The monoisotopic (exact) mass is 405 g/mol. The van der Waals surface area contributed by atoms with Gasteiger partial charge in [-0.1, -0.05) is 35.3 Å². The maximum atomic E-state index is 13.2. The average molecular weight is 406 g/mol. The smallest absolute Gasteiger partial charge is 0.265 e. The normalized spacial score (nSPS) is 23.9. The number of hydrogen-bond acceptors (Lipinski definition) is 2. The number of nitrogens with zero attached hydrogens (tertiary/aromatic N) is 1. The van der Waals surface area contributed by atoms with Crippen LogP contribution in [0.3, 0.4) is 0 Å². The number of halogens is 2. The number of para-hydroxylation sites is 1. The number of anilines is 1. The van der Waals surface area contributed by atoms with Crippen LogP contribution in [-0.4, -0.2) is 38.2 Å². The first-order valence-corrected chi connectivity index (χ1v) is 10.2. The van der Waals surface area contributed by atoms with E-state index in [4.69, 9.17) is 27.9 Å². The van der Waals surface area contributed by atoms with E-state index in [0.717, 1.165) is 25.1 Å². The summed E-state index contributed by atoms with van der Waals surface area (Å²) in [6.45, 7) is 3.36. The molecular formula is C21H23Cl2N2O2+. The molecule has 1 amide bonds. The van der Waals surface area contributed by atoms with Gasteiger partial charge in [0.05, 0.1) is 36.4 Å². The molecule has 1 atom stereocenters. The number of nitrogens with one attached hydrogen (secondary N) is 1. The second kappa shape index (κ2) is 8.09. The molecule has 27 heavy (non-hydrogen) atoms. The molecule has 142 valence electrons. The molecule has 0 aliphatic carbocycles. The minimum Gasteiger partial charge on any atom is -0.484 e. The first-order chi connectivity index (χ1) is 13.1. The lowest BCUT2D eigenvalue weighted by molar-refractivity contribution is -0.917. The van der Waals surface area contributed by atoms with Crippen LogP contribution < -0.4 is 14.5 Å². The number of rotatable bonds is 5. The fourth-order valence-electron chi connectivity index (χ4n) is 4.29. The van der Waals surface area contributed by atoms with Crippen molar-refractivity contribution in [1.82, 2.24) is 0 Å². The summed E-state index contributed by atoms with van der Waals surface area (Å²) in [5.74, 6) is 1.10. The van der Waals surface area contributed by atoms with Gasteiger partial charge in [-0.05, 0) is 42.3 Å². The lowest BCUT2D eigenvalue weighted by Crippen LogP contribution is -3.17. The zero-order valence-electron chi connectivity index (χ0n) is 15.0. The molecular weight excluding hydrogens is 383 g/mol. The van der Waals surface area contributed by atoms with E-state index in [1.165, 1.54) is 13.1 Å². The van der Waals surface area contributed by atoms with Crippen molar-refractivity contribution in [2.45, 2.75) is 18.9 Å². The summed E-state index contributed by atoms with van der Waals surface area (Å²) < 4.78 is 5.74. The summed E-state index contributed by atoms with van der Waals surface area (Å²) >= 11 is 12.4. The van der Waals surface area contributed by atoms with Gasteiger partial charge in [0.15, 0.2) is 6.61 Å². The van der Waals surface area contributed by atoms with Gasteiger partial charge in [-0.25, -0.2) is 0 Å². The summed E-state index contributed by atoms with van der Waals surface area (Å²) in [6, 6.07) is 14.8. The van der Waals surface area contributed by atoms with Crippen molar-refractivity contribution >= 4 is 34.8 Å². The second-order valence-corrected chi connectivity index (χ2v) is 8.16. The number of piperidine rings is 3. The van der Waals surface area contributed by atoms with E-state index in [2.05, 4.69) is 0 Å². The number of quaternary nitrogens is 1. The Bertz CT molecular complexity index is 804. The Kier molecular flexibility index (Phi) is 5.58. The summed E-state index contributed by atoms with van der Waals surface area (Å²) in [6.07, 6.45) is 2.32. The van der Waals surface area contributed by atoms with Crippen molar-refractivity contribution in [2.75, 3.05) is 31.1 Å². The van der Waals surface area contributed by atoms with E-state index in [0.29, 0.717) is 21.7 Å². The van der Waals surface area contributed by atoms with Crippen LogP contribution in [0, 0.1) is 5.92 Å². The van der Waals surface area contributed by atoms with Gasteiger partial charge < -0.3 is 9.64 Å². The van der Waals surface area contributed by atoms with Gasteiger partial charge in [-0.3, -0.25) is 9.69 Å². The third kappa shape index (κ3) is 4.08. The predicted octanol–water partition coefficient (Wildman–Crippen LogP) is 3.08. The number of fused-ring (bicyclic) bond motifs is 3. The number of amides is 1. The van der Waals surface area contributed by atoms with Gasteiger partial charge in [0.25, 0.3) is 5.91 Å². The topological polar surface area (TPSA) is 34.0 Å². The average Bonchev–Trinajstić information content (AvgIpc) is 2.70. The van der Waals surface area contributed by atoms with E-state index in [1.807, 2.05) is 29.2 Å². The largest absolute Gasteiger partial charge is 0.484 e. The van der Waals surface area contributed by atoms with Gasteiger partial charge in [0.1, 0.15) is 5.75 Å². The van der Waals surface area contributed by atoms with Crippen LogP contribution in [0.1, 0.15) is 12.8 Å². The highest BCUT2D eigenvalue weighted by molar-refractivity contribution is 6.33. The summed E-state index contributed by atoms with van der Waals surface area (Å²) in [4.78, 5) is 16.7. The molecule has 0 aromatic heterocycles. The highest BCUT2D eigenvalue weighted by Gasteiger charge is 2.43. The van der Waals surface area contributed by atoms with Crippen LogP contribution in [0.25, 0.3) is 0 Å². The van der Waals surface area contributed by atoms with Crippen LogP contribution in [0.2, 0.25) is 10.0 Å². The molecule has 5 rings (SSSR count). The maximum Gasteiger partial charge on any atom is 0.265 e. The third-order valence-electron chi connectivity index (χ3n) is 5.67. The Balaban J connectivity index is 1.56. The predicted molar refractivity (Wildman–Crippen MR) is 108 cm³/mol. The minimum absolute atomic E-state index is 0.0224. The Morgan fingerprint density at radius 2 is 1.78 bits per heavy atom. The van der Waals surface area contributed by atoms with Gasteiger partial charge in [0, 0.05) is 17.9 Å². The molecule has 3 aliphatic heterocycles. The number of benzene rings is 2. The standard InChI is InChI=1S/C21H22Cl2N2O2/c22-16-5-7-17(8-6-16)27-14-21(26)25(19-4-2-1-3-18(19)23)20-13-24-11-9-15(20)10-12-24/h1-8,15,20H,9-14H2/p+1/t20-/m1/s1. The number of hydrogen-bond donors (Lipinski definition) is 1. The Morgan fingerprint density at radius 3 is 2.41 bits per heavy atom. The molecule has 3 saturated heterocycles.